The molecular weight excluding hydrogens is 332 g/mol. The highest BCUT2D eigenvalue weighted by Crippen LogP contribution is 2.31. The highest BCUT2D eigenvalue weighted by Gasteiger charge is 2.14. The van der Waals surface area contributed by atoms with Gasteiger partial charge < -0.3 is 14.2 Å². The van der Waals surface area contributed by atoms with Crippen molar-refractivity contribution >= 4 is 11.8 Å². The predicted octanol–water partition coefficient (Wildman–Crippen LogP) is 3.68. The van der Waals surface area contributed by atoms with Crippen LogP contribution >= 0.6 is 0 Å². The molecule has 0 saturated carbocycles. The Morgan fingerprint density at radius 1 is 1.00 bits per heavy atom. The van der Waals surface area contributed by atoms with Gasteiger partial charge >= 0.3 is 5.97 Å². The Labute approximate surface area is 153 Å². The number of para-hydroxylation sites is 1. The number of carbonyl (C=O) groups excluding carboxylic acids is 2. The highest BCUT2D eigenvalue weighted by molar-refractivity contribution is 5.99. The summed E-state index contributed by atoms with van der Waals surface area (Å²) in [6, 6.07) is 11.1. The van der Waals surface area contributed by atoms with Crippen molar-refractivity contribution in [2.45, 2.75) is 26.7 Å². The zero-order valence-electron chi connectivity index (χ0n) is 15.6. The molecule has 0 heterocycles. The Hall–Kier alpha value is -2.82. The van der Waals surface area contributed by atoms with Crippen LogP contribution in [-0.2, 0) is 16.0 Å². The number of hydrogen-bond acceptors (Lipinski definition) is 5. The molecule has 0 unspecified atom stereocenters. The molecule has 26 heavy (non-hydrogen) atoms. The average Bonchev–Trinajstić information content (AvgIpc) is 2.65. The van der Waals surface area contributed by atoms with Crippen molar-refractivity contribution in [2.75, 3.05) is 20.8 Å². The monoisotopic (exact) mass is 356 g/mol. The van der Waals surface area contributed by atoms with Crippen molar-refractivity contribution in [1.82, 2.24) is 0 Å². The van der Waals surface area contributed by atoms with Gasteiger partial charge in [-0.3, -0.25) is 9.59 Å². The lowest BCUT2D eigenvalue weighted by atomic mass is 10.0. The minimum absolute atomic E-state index is 0.156. The molecule has 0 N–H and O–H groups in total. The van der Waals surface area contributed by atoms with Gasteiger partial charge in [-0.25, -0.2) is 0 Å². The molecule has 0 aliphatic heterocycles. The third-order valence-electron chi connectivity index (χ3n) is 4.14. The van der Waals surface area contributed by atoms with Crippen LogP contribution in [0, 0.1) is 13.8 Å². The highest BCUT2D eigenvalue weighted by atomic mass is 16.5. The second kappa shape index (κ2) is 9.04. The average molecular weight is 356 g/mol. The molecule has 5 nitrogen and oxygen atoms in total. The maximum Gasteiger partial charge on any atom is 0.306 e. The number of benzene rings is 2. The lowest BCUT2D eigenvalue weighted by molar-refractivity contribution is -0.142. The molecule has 0 aliphatic carbocycles. The lowest BCUT2D eigenvalue weighted by Crippen LogP contribution is -2.15. The van der Waals surface area contributed by atoms with Gasteiger partial charge in [0, 0.05) is 12.0 Å². The summed E-state index contributed by atoms with van der Waals surface area (Å²) in [4.78, 5) is 24.3. The van der Waals surface area contributed by atoms with Crippen LogP contribution in [0.2, 0.25) is 0 Å². The number of esters is 1. The Bertz CT molecular complexity index is 795. The van der Waals surface area contributed by atoms with Gasteiger partial charge in [-0.2, -0.15) is 0 Å². The zero-order chi connectivity index (χ0) is 19.1. The molecule has 0 aliphatic rings. The van der Waals surface area contributed by atoms with Gasteiger partial charge in [-0.05, 0) is 43.5 Å². The molecular formula is C21H24O5. The summed E-state index contributed by atoms with van der Waals surface area (Å²) in [5, 5.41) is 0. The summed E-state index contributed by atoms with van der Waals surface area (Å²) in [6.07, 6.45) is 0.598. The number of methoxy groups -OCH3 is 2. The maximum absolute atomic E-state index is 12.3. The summed E-state index contributed by atoms with van der Waals surface area (Å²) >= 11 is 0. The quantitative estimate of drug-likeness (QED) is 0.533. The predicted molar refractivity (Wildman–Crippen MR) is 99.1 cm³/mol. The molecule has 2 aromatic rings. The van der Waals surface area contributed by atoms with Crippen LogP contribution < -0.4 is 9.47 Å². The van der Waals surface area contributed by atoms with Crippen molar-refractivity contribution < 1.29 is 23.8 Å². The van der Waals surface area contributed by atoms with Crippen molar-refractivity contribution in [1.29, 1.82) is 0 Å². The lowest BCUT2D eigenvalue weighted by Gasteiger charge is -2.12. The molecule has 0 radical (unpaired) electrons. The Morgan fingerprint density at radius 3 is 2.46 bits per heavy atom. The molecule has 0 atom stereocenters. The Balaban J connectivity index is 1.92. The number of rotatable bonds is 8. The minimum Gasteiger partial charge on any atom is -0.493 e. The van der Waals surface area contributed by atoms with Gasteiger partial charge in [0.1, 0.15) is 0 Å². The van der Waals surface area contributed by atoms with Crippen LogP contribution in [0.25, 0.3) is 0 Å². The first kappa shape index (κ1) is 19.5. The van der Waals surface area contributed by atoms with Crippen molar-refractivity contribution in [3.05, 3.63) is 58.7 Å². The fraction of sp³-hybridized carbons (Fsp3) is 0.333. The Morgan fingerprint density at radius 2 is 1.77 bits per heavy atom. The van der Waals surface area contributed by atoms with E-state index in [2.05, 4.69) is 0 Å². The number of carbonyl (C=O) groups is 2. The largest absolute Gasteiger partial charge is 0.493 e. The van der Waals surface area contributed by atoms with E-state index in [0.29, 0.717) is 23.5 Å². The van der Waals surface area contributed by atoms with E-state index in [9.17, 15) is 9.59 Å². The molecule has 0 amide bonds. The summed E-state index contributed by atoms with van der Waals surface area (Å²) < 4.78 is 15.7. The first-order chi connectivity index (χ1) is 12.5. The van der Waals surface area contributed by atoms with Crippen LogP contribution in [0.4, 0.5) is 0 Å². The molecule has 0 bridgehead atoms. The van der Waals surface area contributed by atoms with E-state index >= 15 is 0 Å². The van der Waals surface area contributed by atoms with Gasteiger partial charge in [-0.15, -0.1) is 0 Å². The topological polar surface area (TPSA) is 61.8 Å². The maximum atomic E-state index is 12.3. The number of aryl methyl sites for hydroxylation is 3. The summed E-state index contributed by atoms with van der Waals surface area (Å²) in [5.74, 6) is 0.602. The zero-order valence-corrected chi connectivity index (χ0v) is 15.6. The van der Waals surface area contributed by atoms with Crippen molar-refractivity contribution in [2.24, 2.45) is 0 Å². The molecule has 0 saturated heterocycles. The summed E-state index contributed by atoms with van der Waals surface area (Å²) in [5.41, 5.74) is 3.31. The van der Waals surface area contributed by atoms with Crippen LogP contribution in [-0.4, -0.2) is 32.6 Å². The smallest absolute Gasteiger partial charge is 0.306 e. The summed E-state index contributed by atoms with van der Waals surface area (Å²) in [6.45, 7) is 3.53. The van der Waals surface area contributed by atoms with Gasteiger partial charge in [0.05, 0.1) is 14.2 Å². The summed E-state index contributed by atoms with van der Waals surface area (Å²) in [7, 11) is 3.12. The van der Waals surface area contributed by atoms with Crippen LogP contribution in [0.1, 0.15) is 33.5 Å². The fourth-order valence-electron chi connectivity index (χ4n) is 2.72. The van der Waals surface area contributed by atoms with Crippen LogP contribution in [0.5, 0.6) is 11.5 Å². The first-order valence-corrected chi connectivity index (χ1v) is 8.42. The second-order valence-electron chi connectivity index (χ2n) is 6.05. The molecule has 5 heteroatoms. The van der Waals surface area contributed by atoms with Crippen molar-refractivity contribution in [3.8, 4) is 11.5 Å². The first-order valence-electron chi connectivity index (χ1n) is 8.42. The van der Waals surface area contributed by atoms with E-state index < -0.39 is 5.97 Å². The SMILES string of the molecule is COc1cccc(CCC(=O)OCC(=O)c2cc(C)ccc2C)c1OC. The van der Waals surface area contributed by atoms with E-state index in [1.165, 1.54) is 0 Å². The third-order valence-corrected chi connectivity index (χ3v) is 4.14. The normalized spacial score (nSPS) is 10.3. The molecule has 0 aromatic heterocycles. The van der Waals surface area contributed by atoms with E-state index in [1.54, 1.807) is 20.3 Å². The van der Waals surface area contributed by atoms with Crippen LogP contribution in [0.3, 0.4) is 0 Å². The molecule has 138 valence electrons. The third kappa shape index (κ3) is 4.85. The van der Waals surface area contributed by atoms with Crippen molar-refractivity contribution in [3.63, 3.8) is 0 Å². The van der Waals surface area contributed by atoms with Crippen LogP contribution in [0.15, 0.2) is 36.4 Å². The fourth-order valence-corrected chi connectivity index (χ4v) is 2.72. The van der Waals surface area contributed by atoms with E-state index in [4.69, 9.17) is 14.2 Å². The molecule has 0 spiro atoms. The number of ketones is 1. The number of Topliss-reactive ketones (excluding diaryl/α,β-unsaturated/α-hetero) is 1. The van der Waals surface area contributed by atoms with E-state index in [-0.39, 0.29) is 18.8 Å². The minimum atomic E-state index is -0.423. The number of ether oxygens (including phenoxy) is 3. The van der Waals surface area contributed by atoms with Gasteiger partial charge in [0.2, 0.25) is 5.78 Å². The second-order valence-corrected chi connectivity index (χ2v) is 6.05. The van der Waals surface area contributed by atoms with Gasteiger partial charge in [0.15, 0.2) is 18.1 Å². The van der Waals surface area contributed by atoms with E-state index in [0.717, 1.165) is 16.7 Å². The molecule has 2 aromatic carbocycles. The number of hydrogen-bond donors (Lipinski definition) is 0. The standard InChI is InChI=1S/C21H24O5/c1-14-8-9-15(2)17(12-14)18(22)13-26-20(23)11-10-16-6-5-7-19(24-3)21(16)25-4/h5-9,12H,10-11,13H2,1-4H3. The molecule has 0 fully saturated rings. The van der Waals surface area contributed by atoms with Gasteiger partial charge in [-0.1, -0.05) is 29.8 Å². The molecule has 2 rings (SSSR count). The Kier molecular flexibility index (Phi) is 6.78. The van der Waals surface area contributed by atoms with Gasteiger partial charge in [0.25, 0.3) is 0 Å². The van der Waals surface area contributed by atoms with E-state index in [1.807, 2.05) is 44.2 Å².